The summed E-state index contributed by atoms with van der Waals surface area (Å²) in [6.07, 6.45) is 2.23. The minimum Gasteiger partial charge on any atom is -0.352 e. The molecule has 2 amide bonds. The van der Waals surface area contributed by atoms with E-state index in [1.54, 1.807) is 6.07 Å². The van der Waals surface area contributed by atoms with Crippen LogP contribution in [0, 0.1) is 0 Å². The van der Waals surface area contributed by atoms with Gasteiger partial charge in [0.25, 0.3) is 11.8 Å². The maximum atomic E-state index is 12.5. The van der Waals surface area contributed by atoms with E-state index in [0.717, 1.165) is 17.5 Å². The molecule has 0 aliphatic heterocycles. The van der Waals surface area contributed by atoms with Crippen LogP contribution in [0.15, 0.2) is 79.0 Å². The van der Waals surface area contributed by atoms with Crippen LogP contribution in [0.1, 0.15) is 44.9 Å². The smallest absolute Gasteiger partial charge is 0.270 e. The number of carbonyl (C=O) groups excluding carboxylic acids is 2. The summed E-state index contributed by atoms with van der Waals surface area (Å²) in [7, 11) is 0. The van der Waals surface area contributed by atoms with Gasteiger partial charge in [0.2, 0.25) is 0 Å². The average molecular weight is 373 g/mol. The molecule has 142 valence electrons. The summed E-state index contributed by atoms with van der Waals surface area (Å²) >= 11 is 0. The van der Waals surface area contributed by atoms with Crippen LogP contribution in [-0.4, -0.2) is 23.3 Å². The highest BCUT2D eigenvalue weighted by Crippen LogP contribution is 2.12. The molecule has 3 aromatic rings. The van der Waals surface area contributed by atoms with Crippen LogP contribution in [0.3, 0.4) is 0 Å². The highest BCUT2D eigenvalue weighted by Gasteiger charge is 2.14. The fourth-order valence-corrected chi connectivity index (χ4v) is 2.86. The van der Waals surface area contributed by atoms with Gasteiger partial charge >= 0.3 is 0 Å². The maximum Gasteiger partial charge on any atom is 0.270 e. The first-order valence-corrected chi connectivity index (χ1v) is 9.27. The van der Waals surface area contributed by atoms with E-state index in [4.69, 9.17) is 0 Å². The van der Waals surface area contributed by atoms with Crippen molar-refractivity contribution in [2.24, 2.45) is 0 Å². The second kappa shape index (κ2) is 9.46. The molecule has 5 nitrogen and oxygen atoms in total. The van der Waals surface area contributed by atoms with Crippen LogP contribution in [0.5, 0.6) is 0 Å². The SMILES string of the molecule is CC(NC(=O)c1cc(C(=O)NCCc2ccccc2)ccn1)c1ccccc1. The van der Waals surface area contributed by atoms with E-state index in [1.165, 1.54) is 12.3 Å². The standard InChI is InChI=1S/C23H23N3O2/c1-17(19-10-6-3-7-11-19)26-23(28)21-16-20(13-15-24-21)22(27)25-14-12-18-8-4-2-5-9-18/h2-11,13,15-17H,12,14H2,1H3,(H,25,27)(H,26,28). The third-order valence-electron chi connectivity index (χ3n) is 4.44. The molecule has 0 spiro atoms. The van der Waals surface area contributed by atoms with Gasteiger partial charge in [-0.1, -0.05) is 60.7 Å². The van der Waals surface area contributed by atoms with Gasteiger partial charge in [0.05, 0.1) is 6.04 Å². The third kappa shape index (κ3) is 5.27. The van der Waals surface area contributed by atoms with E-state index >= 15 is 0 Å². The molecule has 28 heavy (non-hydrogen) atoms. The number of rotatable bonds is 7. The Bertz CT molecular complexity index is 927. The van der Waals surface area contributed by atoms with Crippen molar-refractivity contribution in [1.82, 2.24) is 15.6 Å². The van der Waals surface area contributed by atoms with Crippen LogP contribution in [0.4, 0.5) is 0 Å². The first-order valence-electron chi connectivity index (χ1n) is 9.27. The number of amides is 2. The van der Waals surface area contributed by atoms with Crippen molar-refractivity contribution in [3.63, 3.8) is 0 Å². The quantitative estimate of drug-likeness (QED) is 0.665. The fraction of sp³-hybridized carbons (Fsp3) is 0.174. The van der Waals surface area contributed by atoms with Gasteiger partial charge in [-0.2, -0.15) is 0 Å². The molecule has 0 saturated heterocycles. The van der Waals surface area contributed by atoms with Crippen LogP contribution in [0.2, 0.25) is 0 Å². The summed E-state index contributed by atoms with van der Waals surface area (Å²) < 4.78 is 0. The normalized spacial score (nSPS) is 11.5. The largest absolute Gasteiger partial charge is 0.352 e. The molecule has 1 aromatic heterocycles. The summed E-state index contributed by atoms with van der Waals surface area (Å²) in [4.78, 5) is 29.0. The molecule has 0 bridgehead atoms. The second-order valence-corrected chi connectivity index (χ2v) is 6.53. The Kier molecular flexibility index (Phi) is 6.52. The Hall–Kier alpha value is -3.47. The molecule has 0 fully saturated rings. The monoisotopic (exact) mass is 373 g/mol. The molecule has 2 aromatic carbocycles. The van der Waals surface area contributed by atoms with E-state index in [-0.39, 0.29) is 23.6 Å². The Morgan fingerprint density at radius 2 is 1.61 bits per heavy atom. The summed E-state index contributed by atoms with van der Waals surface area (Å²) in [6, 6.07) is 22.6. The minimum atomic E-state index is -0.310. The number of nitrogens with one attached hydrogen (secondary N) is 2. The lowest BCUT2D eigenvalue weighted by Gasteiger charge is -2.14. The summed E-state index contributed by atoms with van der Waals surface area (Å²) in [5.74, 6) is -0.529. The van der Waals surface area contributed by atoms with Crippen molar-refractivity contribution in [3.05, 3.63) is 101 Å². The van der Waals surface area contributed by atoms with Crippen LogP contribution in [0.25, 0.3) is 0 Å². The van der Waals surface area contributed by atoms with Crippen LogP contribution >= 0.6 is 0 Å². The van der Waals surface area contributed by atoms with E-state index in [0.29, 0.717) is 12.1 Å². The number of nitrogens with zero attached hydrogens (tertiary/aromatic N) is 1. The molecule has 5 heteroatoms. The van der Waals surface area contributed by atoms with E-state index in [9.17, 15) is 9.59 Å². The van der Waals surface area contributed by atoms with Gasteiger partial charge in [0.1, 0.15) is 5.69 Å². The molecule has 3 rings (SSSR count). The molecule has 1 atom stereocenters. The fourth-order valence-electron chi connectivity index (χ4n) is 2.86. The molecule has 0 saturated carbocycles. The molecular formula is C23H23N3O2. The van der Waals surface area contributed by atoms with Crippen LogP contribution < -0.4 is 10.6 Å². The second-order valence-electron chi connectivity index (χ2n) is 6.53. The predicted molar refractivity (Wildman–Crippen MR) is 109 cm³/mol. The predicted octanol–water partition coefficient (Wildman–Crippen LogP) is 3.55. The lowest BCUT2D eigenvalue weighted by atomic mass is 10.1. The zero-order valence-electron chi connectivity index (χ0n) is 15.8. The number of carbonyl (C=O) groups is 2. The Balaban J connectivity index is 1.58. The average Bonchev–Trinajstić information content (AvgIpc) is 2.75. The lowest BCUT2D eigenvalue weighted by Crippen LogP contribution is -2.29. The van der Waals surface area contributed by atoms with Crippen molar-refractivity contribution in [3.8, 4) is 0 Å². The van der Waals surface area contributed by atoms with Gasteiger partial charge in [0, 0.05) is 18.3 Å². The summed E-state index contributed by atoms with van der Waals surface area (Å²) in [5.41, 5.74) is 2.80. The molecule has 1 unspecified atom stereocenters. The third-order valence-corrected chi connectivity index (χ3v) is 4.44. The van der Waals surface area contributed by atoms with Gasteiger partial charge < -0.3 is 10.6 Å². The number of hydrogen-bond acceptors (Lipinski definition) is 3. The zero-order valence-corrected chi connectivity index (χ0v) is 15.8. The number of pyridine rings is 1. The molecule has 0 radical (unpaired) electrons. The lowest BCUT2D eigenvalue weighted by molar-refractivity contribution is 0.0935. The van der Waals surface area contributed by atoms with E-state index in [2.05, 4.69) is 15.6 Å². The first-order chi connectivity index (χ1) is 13.6. The molecule has 1 heterocycles. The Morgan fingerprint density at radius 3 is 2.32 bits per heavy atom. The van der Waals surface area contributed by atoms with Crippen molar-refractivity contribution >= 4 is 11.8 Å². The van der Waals surface area contributed by atoms with Gasteiger partial charge in [-0.25, -0.2) is 0 Å². The van der Waals surface area contributed by atoms with Crippen molar-refractivity contribution < 1.29 is 9.59 Å². The van der Waals surface area contributed by atoms with Crippen molar-refractivity contribution in [2.45, 2.75) is 19.4 Å². The van der Waals surface area contributed by atoms with Gasteiger partial charge in [-0.3, -0.25) is 14.6 Å². The molecule has 2 N–H and O–H groups in total. The number of aromatic nitrogens is 1. The van der Waals surface area contributed by atoms with E-state index in [1.807, 2.05) is 67.6 Å². The molecular weight excluding hydrogens is 350 g/mol. The molecule has 0 aliphatic carbocycles. The molecule has 0 aliphatic rings. The van der Waals surface area contributed by atoms with Crippen molar-refractivity contribution in [1.29, 1.82) is 0 Å². The number of hydrogen-bond donors (Lipinski definition) is 2. The topological polar surface area (TPSA) is 71.1 Å². The maximum absolute atomic E-state index is 12.5. The van der Waals surface area contributed by atoms with Crippen molar-refractivity contribution in [2.75, 3.05) is 6.54 Å². The van der Waals surface area contributed by atoms with Gasteiger partial charge in [-0.05, 0) is 36.6 Å². The van der Waals surface area contributed by atoms with E-state index < -0.39 is 0 Å². The van der Waals surface area contributed by atoms with Gasteiger partial charge in [-0.15, -0.1) is 0 Å². The van der Waals surface area contributed by atoms with Crippen LogP contribution in [-0.2, 0) is 6.42 Å². The highest BCUT2D eigenvalue weighted by molar-refractivity contribution is 5.98. The Labute approximate surface area is 164 Å². The zero-order chi connectivity index (χ0) is 19.8. The Morgan fingerprint density at radius 1 is 0.929 bits per heavy atom. The highest BCUT2D eigenvalue weighted by atomic mass is 16.2. The van der Waals surface area contributed by atoms with Gasteiger partial charge in [0.15, 0.2) is 0 Å². The number of benzene rings is 2. The summed E-state index contributed by atoms with van der Waals surface area (Å²) in [5, 5.41) is 5.79. The first kappa shape index (κ1) is 19.3. The minimum absolute atomic E-state index is 0.154. The summed E-state index contributed by atoms with van der Waals surface area (Å²) in [6.45, 7) is 2.44.